The molecule has 0 bridgehead atoms. The molecule has 0 aliphatic carbocycles. The summed E-state index contributed by atoms with van der Waals surface area (Å²) >= 11 is 0. The first kappa shape index (κ1) is 11.4. The van der Waals surface area contributed by atoms with Gasteiger partial charge in [-0.05, 0) is 57.3 Å². The first-order valence-electron chi connectivity index (χ1n) is 6.73. The van der Waals surface area contributed by atoms with Gasteiger partial charge in [0.15, 0.2) is 0 Å². The Balaban J connectivity index is 1.70. The van der Waals surface area contributed by atoms with E-state index in [2.05, 4.69) is 23.6 Å². The van der Waals surface area contributed by atoms with Gasteiger partial charge in [-0.3, -0.25) is 0 Å². The Labute approximate surface area is 94.6 Å². The van der Waals surface area contributed by atoms with Gasteiger partial charge in [0.25, 0.3) is 0 Å². The molecule has 0 atom stereocenters. The van der Waals surface area contributed by atoms with Crippen LogP contribution in [0, 0.1) is 5.41 Å². The van der Waals surface area contributed by atoms with Gasteiger partial charge in [0.2, 0.25) is 0 Å². The van der Waals surface area contributed by atoms with E-state index in [9.17, 15) is 0 Å². The minimum Gasteiger partial charge on any atom is -0.303 e. The molecule has 2 fully saturated rings. The summed E-state index contributed by atoms with van der Waals surface area (Å²) in [6.07, 6.45) is 5.54. The Hall–Kier alpha value is -0.0800. The second-order valence-corrected chi connectivity index (χ2v) is 5.55. The third kappa shape index (κ3) is 2.54. The van der Waals surface area contributed by atoms with Crippen LogP contribution in [0.15, 0.2) is 0 Å². The Morgan fingerprint density at radius 2 is 1.40 bits per heavy atom. The van der Waals surface area contributed by atoms with Crippen LogP contribution in [-0.4, -0.2) is 49.1 Å². The van der Waals surface area contributed by atoms with Crippen molar-refractivity contribution in [3.63, 3.8) is 0 Å². The number of piperidine rings is 1. The smallest absolute Gasteiger partial charge is 0.00514 e. The molecule has 0 aromatic rings. The van der Waals surface area contributed by atoms with Crippen LogP contribution in [-0.2, 0) is 0 Å². The Morgan fingerprint density at radius 1 is 0.867 bits per heavy atom. The molecule has 2 heteroatoms. The normalized spacial score (nSPS) is 26.8. The van der Waals surface area contributed by atoms with Crippen molar-refractivity contribution in [2.75, 3.05) is 39.3 Å². The zero-order valence-corrected chi connectivity index (χ0v) is 10.5. The summed E-state index contributed by atoms with van der Waals surface area (Å²) in [4.78, 5) is 5.28. The summed E-state index contributed by atoms with van der Waals surface area (Å²) in [5, 5.41) is 0. The maximum absolute atomic E-state index is 2.65. The number of rotatable bonds is 4. The summed E-state index contributed by atoms with van der Waals surface area (Å²) in [5.74, 6) is 0. The Morgan fingerprint density at radius 3 is 1.93 bits per heavy atom. The van der Waals surface area contributed by atoms with Crippen LogP contribution in [0.4, 0.5) is 0 Å². The largest absolute Gasteiger partial charge is 0.303 e. The lowest BCUT2D eigenvalue weighted by atomic mass is 9.72. The van der Waals surface area contributed by atoms with E-state index in [0.29, 0.717) is 0 Å². The summed E-state index contributed by atoms with van der Waals surface area (Å²) in [5.41, 5.74) is 0.736. The number of likely N-dealkylation sites (tertiary alicyclic amines) is 2. The van der Waals surface area contributed by atoms with E-state index in [0.717, 1.165) is 5.41 Å². The fourth-order valence-electron chi connectivity index (χ4n) is 3.26. The molecule has 0 saturated carbocycles. The van der Waals surface area contributed by atoms with Crippen LogP contribution in [0.1, 0.15) is 39.5 Å². The van der Waals surface area contributed by atoms with E-state index in [1.807, 2.05) is 0 Å². The molecule has 2 nitrogen and oxygen atoms in total. The predicted molar refractivity (Wildman–Crippen MR) is 65.1 cm³/mol. The van der Waals surface area contributed by atoms with Gasteiger partial charge in [-0.2, -0.15) is 0 Å². The molecule has 0 unspecified atom stereocenters. The molecule has 0 radical (unpaired) electrons. The monoisotopic (exact) mass is 210 g/mol. The van der Waals surface area contributed by atoms with Crippen LogP contribution in [0.5, 0.6) is 0 Å². The minimum atomic E-state index is 0.736. The van der Waals surface area contributed by atoms with Gasteiger partial charge >= 0.3 is 0 Å². The van der Waals surface area contributed by atoms with Gasteiger partial charge in [-0.1, -0.05) is 13.8 Å². The Kier molecular flexibility index (Phi) is 3.68. The quantitative estimate of drug-likeness (QED) is 0.702. The van der Waals surface area contributed by atoms with Crippen LogP contribution >= 0.6 is 0 Å². The molecular formula is C13H26N2. The SMILES string of the molecule is CCCN1CCC2(CC1)CN(CCC)C2. The molecular weight excluding hydrogens is 184 g/mol. The molecule has 15 heavy (non-hydrogen) atoms. The highest BCUT2D eigenvalue weighted by atomic mass is 15.2. The van der Waals surface area contributed by atoms with Gasteiger partial charge in [-0.25, -0.2) is 0 Å². The highest BCUT2D eigenvalue weighted by Gasteiger charge is 2.43. The number of hydrogen-bond donors (Lipinski definition) is 0. The molecule has 0 aromatic carbocycles. The van der Waals surface area contributed by atoms with Crippen LogP contribution in [0.25, 0.3) is 0 Å². The molecule has 2 aliphatic heterocycles. The van der Waals surface area contributed by atoms with Crippen molar-refractivity contribution in [3.05, 3.63) is 0 Å². The zero-order chi connectivity index (χ0) is 10.7. The molecule has 2 rings (SSSR count). The van der Waals surface area contributed by atoms with E-state index >= 15 is 0 Å². The fraction of sp³-hybridized carbons (Fsp3) is 1.00. The molecule has 2 heterocycles. The van der Waals surface area contributed by atoms with E-state index in [-0.39, 0.29) is 0 Å². The molecule has 0 amide bonds. The summed E-state index contributed by atoms with van der Waals surface area (Å²) in [6.45, 7) is 12.7. The van der Waals surface area contributed by atoms with Crippen molar-refractivity contribution < 1.29 is 0 Å². The average molecular weight is 210 g/mol. The topological polar surface area (TPSA) is 6.48 Å². The van der Waals surface area contributed by atoms with Gasteiger partial charge < -0.3 is 9.80 Å². The van der Waals surface area contributed by atoms with Gasteiger partial charge in [0.1, 0.15) is 0 Å². The highest BCUT2D eigenvalue weighted by molar-refractivity contribution is 4.97. The van der Waals surface area contributed by atoms with Gasteiger partial charge in [-0.15, -0.1) is 0 Å². The summed E-state index contributed by atoms with van der Waals surface area (Å²) in [6, 6.07) is 0. The van der Waals surface area contributed by atoms with Crippen molar-refractivity contribution >= 4 is 0 Å². The Bertz CT molecular complexity index is 187. The third-order valence-corrected chi connectivity index (χ3v) is 4.11. The second kappa shape index (κ2) is 4.84. The van der Waals surface area contributed by atoms with Crippen molar-refractivity contribution in [2.24, 2.45) is 5.41 Å². The third-order valence-electron chi connectivity index (χ3n) is 4.11. The van der Waals surface area contributed by atoms with Crippen molar-refractivity contribution in [2.45, 2.75) is 39.5 Å². The van der Waals surface area contributed by atoms with Crippen LogP contribution < -0.4 is 0 Å². The van der Waals surface area contributed by atoms with Crippen molar-refractivity contribution in [1.29, 1.82) is 0 Å². The zero-order valence-electron chi connectivity index (χ0n) is 10.5. The maximum Gasteiger partial charge on any atom is 0.00514 e. The average Bonchev–Trinajstić information content (AvgIpc) is 2.19. The standard InChI is InChI=1S/C13H26N2/c1-3-7-14-9-5-13(6-10-14)11-15(12-13)8-4-2/h3-12H2,1-2H3. The summed E-state index contributed by atoms with van der Waals surface area (Å²) < 4.78 is 0. The van der Waals surface area contributed by atoms with E-state index < -0.39 is 0 Å². The highest BCUT2D eigenvalue weighted by Crippen LogP contribution is 2.40. The lowest BCUT2D eigenvalue weighted by Crippen LogP contribution is -2.60. The number of hydrogen-bond acceptors (Lipinski definition) is 2. The van der Waals surface area contributed by atoms with Crippen molar-refractivity contribution in [1.82, 2.24) is 9.80 Å². The first-order valence-corrected chi connectivity index (χ1v) is 6.73. The lowest BCUT2D eigenvalue weighted by Gasteiger charge is -2.54. The van der Waals surface area contributed by atoms with E-state index in [1.54, 1.807) is 0 Å². The summed E-state index contributed by atoms with van der Waals surface area (Å²) in [7, 11) is 0. The second-order valence-electron chi connectivity index (χ2n) is 5.55. The molecule has 1 spiro atoms. The van der Waals surface area contributed by atoms with Gasteiger partial charge in [0.05, 0.1) is 0 Å². The van der Waals surface area contributed by atoms with Crippen LogP contribution in [0.2, 0.25) is 0 Å². The first-order chi connectivity index (χ1) is 7.28. The molecule has 2 saturated heterocycles. The molecule has 0 N–H and O–H groups in total. The van der Waals surface area contributed by atoms with E-state index in [1.165, 1.54) is 65.0 Å². The fourth-order valence-corrected chi connectivity index (χ4v) is 3.26. The number of nitrogens with zero attached hydrogens (tertiary/aromatic N) is 2. The minimum absolute atomic E-state index is 0.736. The van der Waals surface area contributed by atoms with Crippen molar-refractivity contribution in [3.8, 4) is 0 Å². The van der Waals surface area contributed by atoms with E-state index in [4.69, 9.17) is 0 Å². The molecule has 0 aromatic heterocycles. The van der Waals surface area contributed by atoms with Gasteiger partial charge in [0, 0.05) is 13.1 Å². The molecule has 2 aliphatic rings. The van der Waals surface area contributed by atoms with Crippen LogP contribution in [0.3, 0.4) is 0 Å². The lowest BCUT2D eigenvalue weighted by molar-refractivity contribution is -0.0459. The predicted octanol–water partition coefficient (Wildman–Crippen LogP) is 2.20. The molecule has 88 valence electrons. The maximum atomic E-state index is 2.65.